The van der Waals surface area contributed by atoms with Crippen LogP contribution >= 0.6 is 0 Å². The molecule has 0 fully saturated rings. The van der Waals surface area contributed by atoms with Gasteiger partial charge in [-0.1, -0.05) is 19.4 Å². The van der Waals surface area contributed by atoms with Crippen LogP contribution in [-0.4, -0.2) is 28.5 Å². The third-order valence-corrected chi connectivity index (χ3v) is 3.41. The van der Waals surface area contributed by atoms with Gasteiger partial charge in [-0.25, -0.2) is 0 Å². The second-order valence-electron chi connectivity index (χ2n) is 4.86. The number of amides is 1. The highest BCUT2D eigenvalue weighted by Crippen LogP contribution is 2.14. The Morgan fingerprint density at radius 2 is 2.15 bits per heavy atom. The first-order valence-electron chi connectivity index (χ1n) is 6.67. The van der Waals surface area contributed by atoms with Gasteiger partial charge in [0.05, 0.1) is 0 Å². The lowest BCUT2D eigenvalue weighted by Crippen LogP contribution is -2.30. The molecule has 2 aromatic rings. The molecule has 0 bridgehead atoms. The number of fused-ring (bicyclic) bond motifs is 1. The quantitative estimate of drug-likeness (QED) is 0.756. The molecule has 0 aliphatic carbocycles. The van der Waals surface area contributed by atoms with Crippen LogP contribution in [0.15, 0.2) is 30.5 Å². The number of carboxylic acids is 1. The van der Waals surface area contributed by atoms with Crippen LogP contribution in [0.5, 0.6) is 0 Å². The predicted octanol–water partition coefficient (Wildman–Crippen LogP) is 2.40. The fraction of sp³-hybridized carbons (Fsp3) is 0.333. The molecule has 1 heterocycles. The molecule has 2 rings (SSSR count). The average molecular weight is 274 g/mol. The highest BCUT2D eigenvalue weighted by atomic mass is 16.4. The van der Waals surface area contributed by atoms with E-state index in [2.05, 4.69) is 10.3 Å². The zero-order valence-corrected chi connectivity index (χ0v) is 11.3. The Bertz CT molecular complexity index is 618. The minimum absolute atomic E-state index is 0.0364. The maximum Gasteiger partial charge on any atom is 0.303 e. The fourth-order valence-corrected chi connectivity index (χ4v) is 2.14. The molecule has 0 spiro atoms. The molecule has 5 nitrogen and oxygen atoms in total. The molecule has 1 unspecified atom stereocenters. The number of hydrogen-bond acceptors (Lipinski definition) is 2. The van der Waals surface area contributed by atoms with Crippen LogP contribution in [0, 0.1) is 5.92 Å². The van der Waals surface area contributed by atoms with Gasteiger partial charge in [-0.3, -0.25) is 9.59 Å². The second kappa shape index (κ2) is 6.23. The van der Waals surface area contributed by atoms with E-state index in [1.54, 1.807) is 12.1 Å². The average Bonchev–Trinajstić information content (AvgIpc) is 2.89. The minimum Gasteiger partial charge on any atom is -0.481 e. The van der Waals surface area contributed by atoms with E-state index in [1.165, 1.54) is 0 Å². The van der Waals surface area contributed by atoms with Crippen molar-refractivity contribution in [2.75, 3.05) is 6.54 Å². The summed E-state index contributed by atoms with van der Waals surface area (Å²) in [5.74, 6) is -1.05. The van der Waals surface area contributed by atoms with Crippen LogP contribution in [0.2, 0.25) is 0 Å². The summed E-state index contributed by atoms with van der Waals surface area (Å²) in [7, 11) is 0. The highest BCUT2D eigenvalue weighted by Gasteiger charge is 2.13. The summed E-state index contributed by atoms with van der Waals surface area (Å²) in [4.78, 5) is 25.8. The van der Waals surface area contributed by atoms with Gasteiger partial charge in [0.25, 0.3) is 5.91 Å². The summed E-state index contributed by atoms with van der Waals surface area (Å²) in [5, 5.41) is 12.6. The summed E-state index contributed by atoms with van der Waals surface area (Å²) >= 11 is 0. The van der Waals surface area contributed by atoms with Crippen LogP contribution in [0.25, 0.3) is 10.9 Å². The van der Waals surface area contributed by atoms with Crippen molar-refractivity contribution >= 4 is 22.8 Å². The van der Waals surface area contributed by atoms with E-state index >= 15 is 0 Å². The Balaban J connectivity index is 1.98. The lowest BCUT2D eigenvalue weighted by atomic mass is 10.0. The number of rotatable bonds is 6. The molecule has 0 radical (unpaired) electrons. The van der Waals surface area contributed by atoms with Crippen LogP contribution in [0.4, 0.5) is 0 Å². The number of H-pyrrole nitrogens is 1. The Hall–Kier alpha value is -2.30. The summed E-state index contributed by atoms with van der Waals surface area (Å²) in [6, 6.07) is 7.39. The van der Waals surface area contributed by atoms with Gasteiger partial charge in [0, 0.05) is 30.2 Å². The number of benzene rings is 1. The van der Waals surface area contributed by atoms with Gasteiger partial charge in [-0.2, -0.15) is 0 Å². The Kier molecular flexibility index (Phi) is 4.40. The van der Waals surface area contributed by atoms with Gasteiger partial charge in [0.2, 0.25) is 0 Å². The van der Waals surface area contributed by atoms with Crippen molar-refractivity contribution in [3.8, 4) is 0 Å². The van der Waals surface area contributed by atoms with Crippen LogP contribution in [0.3, 0.4) is 0 Å². The topological polar surface area (TPSA) is 82.2 Å². The molecule has 0 aliphatic rings. The lowest BCUT2D eigenvalue weighted by Gasteiger charge is -2.13. The standard InChI is InChI=1S/C15H18N2O3/c1-2-10(7-14(18)19)9-17-15(20)12-4-3-11-5-6-16-13(11)8-12/h3-6,8,10,16H,2,7,9H2,1H3,(H,17,20)(H,18,19). The highest BCUT2D eigenvalue weighted by molar-refractivity contribution is 5.97. The number of aromatic amines is 1. The lowest BCUT2D eigenvalue weighted by molar-refractivity contribution is -0.138. The van der Waals surface area contributed by atoms with Crippen LogP contribution < -0.4 is 5.32 Å². The Labute approximate surface area is 117 Å². The fourth-order valence-electron chi connectivity index (χ4n) is 2.14. The molecule has 106 valence electrons. The molecule has 1 atom stereocenters. The zero-order valence-electron chi connectivity index (χ0n) is 11.3. The molecule has 1 aromatic heterocycles. The molecule has 0 saturated heterocycles. The Morgan fingerprint density at radius 3 is 2.85 bits per heavy atom. The Morgan fingerprint density at radius 1 is 1.35 bits per heavy atom. The zero-order chi connectivity index (χ0) is 14.5. The SMILES string of the molecule is CCC(CNC(=O)c1ccc2cc[nH]c2c1)CC(=O)O. The van der Waals surface area contributed by atoms with Gasteiger partial charge in [0.1, 0.15) is 0 Å². The molecule has 3 N–H and O–H groups in total. The van der Waals surface area contributed by atoms with Crippen molar-refractivity contribution < 1.29 is 14.7 Å². The molecule has 20 heavy (non-hydrogen) atoms. The van der Waals surface area contributed by atoms with Gasteiger partial charge in [-0.05, 0) is 29.5 Å². The molecule has 0 aliphatic heterocycles. The number of aromatic nitrogens is 1. The van der Waals surface area contributed by atoms with E-state index < -0.39 is 5.97 Å². The van der Waals surface area contributed by atoms with E-state index in [-0.39, 0.29) is 18.2 Å². The number of carbonyl (C=O) groups excluding carboxylic acids is 1. The van der Waals surface area contributed by atoms with E-state index in [1.807, 2.05) is 25.3 Å². The molecule has 1 aromatic carbocycles. The van der Waals surface area contributed by atoms with Crippen molar-refractivity contribution in [2.24, 2.45) is 5.92 Å². The second-order valence-corrected chi connectivity index (χ2v) is 4.86. The van der Waals surface area contributed by atoms with Crippen molar-refractivity contribution in [1.82, 2.24) is 10.3 Å². The van der Waals surface area contributed by atoms with Gasteiger partial charge < -0.3 is 15.4 Å². The monoisotopic (exact) mass is 274 g/mol. The van der Waals surface area contributed by atoms with Gasteiger partial charge in [-0.15, -0.1) is 0 Å². The molecule has 0 saturated carbocycles. The van der Waals surface area contributed by atoms with E-state index in [0.717, 1.165) is 17.3 Å². The molecule has 5 heteroatoms. The number of nitrogens with one attached hydrogen (secondary N) is 2. The molecular weight excluding hydrogens is 256 g/mol. The summed E-state index contributed by atoms with van der Waals surface area (Å²) in [6.07, 6.45) is 2.63. The van der Waals surface area contributed by atoms with Crippen LogP contribution in [0.1, 0.15) is 30.1 Å². The van der Waals surface area contributed by atoms with Crippen molar-refractivity contribution in [1.29, 1.82) is 0 Å². The third-order valence-electron chi connectivity index (χ3n) is 3.41. The predicted molar refractivity (Wildman–Crippen MR) is 76.7 cm³/mol. The summed E-state index contributed by atoms with van der Waals surface area (Å²) in [5.41, 5.74) is 1.49. The third kappa shape index (κ3) is 3.38. The number of carboxylic acid groups (broad SMARTS) is 1. The minimum atomic E-state index is -0.834. The number of carbonyl (C=O) groups is 2. The molecular formula is C15H18N2O3. The first kappa shape index (κ1) is 14.1. The smallest absolute Gasteiger partial charge is 0.303 e. The number of aliphatic carboxylic acids is 1. The van der Waals surface area contributed by atoms with Crippen LogP contribution in [-0.2, 0) is 4.79 Å². The van der Waals surface area contributed by atoms with E-state index in [0.29, 0.717) is 12.1 Å². The van der Waals surface area contributed by atoms with Crippen molar-refractivity contribution in [3.63, 3.8) is 0 Å². The maximum absolute atomic E-state index is 12.0. The van der Waals surface area contributed by atoms with Gasteiger partial charge in [0.15, 0.2) is 0 Å². The summed E-state index contributed by atoms with van der Waals surface area (Å²) in [6.45, 7) is 2.30. The largest absolute Gasteiger partial charge is 0.481 e. The van der Waals surface area contributed by atoms with Crippen molar-refractivity contribution in [3.05, 3.63) is 36.0 Å². The van der Waals surface area contributed by atoms with E-state index in [4.69, 9.17) is 5.11 Å². The molecule has 1 amide bonds. The van der Waals surface area contributed by atoms with Gasteiger partial charge >= 0.3 is 5.97 Å². The summed E-state index contributed by atoms with van der Waals surface area (Å²) < 4.78 is 0. The van der Waals surface area contributed by atoms with E-state index in [9.17, 15) is 9.59 Å². The normalized spacial score (nSPS) is 12.2. The van der Waals surface area contributed by atoms with Crippen molar-refractivity contribution in [2.45, 2.75) is 19.8 Å². The first-order valence-corrected chi connectivity index (χ1v) is 6.67. The number of hydrogen-bond donors (Lipinski definition) is 3. The first-order chi connectivity index (χ1) is 9.60. The maximum atomic E-state index is 12.0.